The van der Waals surface area contributed by atoms with Crippen molar-refractivity contribution in [2.24, 2.45) is 0 Å². The second kappa shape index (κ2) is 7.19. The minimum atomic E-state index is -3.69. The van der Waals surface area contributed by atoms with Crippen molar-refractivity contribution in [3.8, 4) is 0 Å². The number of aryl methyl sites for hydroxylation is 2. The van der Waals surface area contributed by atoms with Gasteiger partial charge < -0.3 is 4.57 Å². The van der Waals surface area contributed by atoms with E-state index < -0.39 is 16.1 Å². The van der Waals surface area contributed by atoms with Crippen molar-refractivity contribution in [1.82, 2.24) is 14.3 Å². The van der Waals surface area contributed by atoms with Gasteiger partial charge in [0.05, 0.1) is 22.0 Å². The van der Waals surface area contributed by atoms with Gasteiger partial charge in [0.1, 0.15) is 5.82 Å². The Bertz CT molecular complexity index is 1060. The summed E-state index contributed by atoms with van der Waals surface area (Å²) in [5.74, 6) is 0.640. The SMILES string of the molecule is CCn1c(C(C)NS(=O)(=O)c2ccc(Cl)cc2)nc2cc(C)c(Cl)cc21. The molecule has 0 bridgehead atoms. The number of benzene rings is 2. The highest BCUT2D eigenvalue weighted by Gasteiger charge is 2.23. The van der Waals surface area contributed by atoms with Crippen molar-refractivity contribution in [2.45, 2.75) is 38.3 Å². The maximum atomic E-state index is 12.6. The highest BCUT2D eigenvalue weighted by Crippen LogP contribution is 2.27. The maximum absolute atomic E-state index is 12.6. The van der Waals surface area contributed by atoms with Crippen molar-refractivity contribution < 1.29 is 8.42 Å². The van der Waals surface area contributed by atoms with Gasteiger partial charge in [0.2, 0.25) is 10.0 Å². The lowest BCUT2D eigenvalue weighted by atomic mass is 10.2. The minimum Gasteiger partial charge on any atom is -0.327 e. The van der Waals surface area contributed by atoms with E-state index in [4.69, 9.17) is 23.2 Å². The summed E-state index contributed by atoms with van der Waals surface area (Å²) >= 11 is 12.1. The zero-order valence-electron chi connectivity index (χ0n) is 14.6. The first-order valence-corrected chi connectivity index (χ1v) is 10.4. The number of fused-ring (bicyclic) bond motifs is 1. The molecule has 26 heavy (non-hydrogen) atoms. The van der Waals surface area contributed by atoms with Crippen LogP contribution in [0, 0.1) is 6.92 Å². The van der Waals surface area contributed by atoms with Gasteiger partial charge in [-0.25, -0.2) is 18.1 Å². The van der Waals surface area contributed by atoms with Crippen LogP contribution in [0.5, 0.6) is 0 Å². The second-order valence-electron chi connectivity index (χ2n) is 6.10. The lowest BCUT2D eigenvalue weighted by molar-refractivity contribution is 0.549. The molecule has 0 aliphatic carbocycles. The molecule has 0 saturated heterocycles. The van der Waals surface area contributed by atoms with E-state index in [-0.39, 0.29) is 4.90 Å². The minimum absolute atomic E-state index is 0.159. The smallest absolute Gasteiger partial charge is 0.241 e. The summed E-state index contributed by atoms with van der Waals surface area (Å²) in [6.45, 7) is 6.32. The van der Waals surface area contributed by atoms with Gasteiger partial charge in [-0.2, -0.15) is 0 Å². The Kier molecular flexibility index (Phi) is 5.30. The van der Waals surface area contributed by atoms with Gasteiger partial charge in [0, 0.05) is 16.6 Å². The topological polar surface area (TPSA) is 64.0 Å². The van der Waals surface area contributed by atoms with Crippen molar-refractivity contribution in [2.75, 3.05) is 0 Å². The summed E-state index contributed by atoms with van der Waals surface area (Å²) < 4.78 is 29.9. The highest BCUT2D eigenvalue weighted by molar-refractivity contribution is 7.89. The van der Waals surface area contributed by atoms with Crippen molar-refractivity contribution in [3.63, 3.8) is 0 Å². The summed E-state index contributed by atoms with van der Waals surface area (Å²) in [4.78, 5) is 4.79. The number of rotatable bonds is 5. The monoisotopic (exact) mass is 411 g/mol. The highest BCUT2D eigenvalue weighted by atomic mass is 35.5. The normalized spacial score (nSPS) is 13.3. The number of halogens is 2. The standard InChI is InChI=1S/C18H19Cl2N3O2S/c1-4-23-17-10-15(20)11(2)9-16(17)21-18(23)12(3)22-26(24,25)14-7-5-13(19)6-8-14/h5-10,12,22H,4H2,1-3H3. The lowest BCUT2D eigenvalue weighted by Gasteiger charge is -2.15. The first kappa shape index (κ1) is 19.2. The number of nitrogens with one attached hydrogen (secondary N) is 1. The third kappa shape index (κ3) is 3.60. The van der Waals surface area contributed by atoms with Crippen LogP contribution in [-0.2, 0) is 16.6 Å². The van der Waals surface area contributed by atoms with Crippen LogP contribution >= 0.6 is 23.2 Å². The first-order valence-electron chi connectivity index (χ1n) is 8.17. The fourth-order valence-electron chi connectivity index (χ4n) is 2.90. The summed E-state index contributed by atoms with van der Waals surface area (Å²) in [5, 5.41) is 1.14. The molecule has 1 N–H and O–H groups in total. The Labute approximate surface area is 163 Å². The van der Waals surface area contributed by atoms with Crippen LogP contribution in [-0.4, -0.2) is 18.0 Å². The number of imidazole rings is 1. The van der Waals surface area contributed by atoms with Gasteiger partial charge in [-0.3, -0.25) is 0 Å². The van der Waals surface area contributed by atoms with E-state index in [1.807, 2.05) is 30.5 Å². The van der Waals surface area contributed by atoms with E-state index in [9.17, 15) is 8.42 Å². The van der Waals surface area contributed by atoms with Gasteiger partial charge in [0.25, 0.3) is 0 Å². The Morgan fingerprint density at radius 1 is 1.19 bits per heavy atom. The Morgan fingerprint density at radius 3 is 2.46 bits per heavy atom. The van der Waals surface area contributed by atoms with Gasteiger partial charge in [0.15, 0.2) is 0 Å². The van der Waals surface area contributed by atoms with E-state index in [0.717, 1.165) is 16.6 Å². The zero-order chi connectivity index (χ0) is 19.1. The van der Waals surface area contributed by atoms with Gasteiger partial charge >= 0.3 is 0 Å². The molecule has 1 unspecified atom stereocenters. The fraction of sp³-hybridized carbons (Fsp3) is 0.278. The predicted octanol–water partition coefficient (Wildman–Crippen LogP) is 4.71. The summed E-state index contributed by atoms with van der Waals surface area (Å²) in [6, 6.07) is 9.31. The molecule has 1 atom stereocenters. The molecule has 5 nitrogen and oxygen atoms in total. The molecular weight excluding hydrogens is 393 g/mol. The molecule has 0 fully saturated rings. The fourth-order valence-corrected chi connectivity index (χ4v) is 4.38. The number of sulfonamides is 1. The van der Waals surface area contributed by atoms with Crippen molar-refractivity contribution in [1.29, 1.82) is 0 Å². The lowest BCUT2D eigenvalue weighted by Crippen LogP contribution is -2.28. The molecule has 138 valence electrons. The van der Waals surface area contributed by atoms with Crippen LogP contribution in [0.25, 0.3) is 11.0 Å². The van der Waals surface area contributed by atoms with Gasteiger partial charge in [-0.1, -0.05) is 23.2 Å². The summed E-state index contributed by atoms with van der Waals surface area (Å²) in [7, 11) is -3.69. The van der Waals surface area contributed by atoms with E-state index in [1.165, 1.54) is 12.1 Å². The van der Waals surface area contributed by atoms with Crippen LogP contribution in [0.2, 0.25) is 10.0 Å². The molecule has 2 aromatic carbocycles. The van der Waals surface area contributed by atoms with Gasteiger partial charge in [-0.15, -0.1) is 0 Å². The molecule has 0 spiro atoms. The zero-order valence-corrected chi connectivity index (χ0v) is 17.0. The van der Waals surface area contributed by atoms with E-state index in [1.54, 1.807) is 19.1 Å². The molecule has 3 aromatic rings. The molecule has 1 aromatic heterocycles. The molecule has 0 amide bonds. The Hall–Kier alpha value is -1.60. The van der Waals surface area contributed by atoms with Crippen LogP contribution in [0.3, 0.4) is 0 Å². The first-order chi connectivity index (χ1) is 12.2. The maximum Gasteiger partial charge on any atom is 0.241 e. The van der Waals surface area contributed by atoms with E-state index in [2.05, 4.69) is 9.71 Å². The van der Waals surface area contributed by atoms with Crippen molar-refractivity contribution in [3.05, 3.63) is 57.8 Å². The van der Waals surface area contributed by atoms with Crippen molar-refractivity contribution >= 4 is 44.3 Å². The third-order valence-electron chi connectivity index (χ3n) is 4.22. The molecule has 0 saturated carbocycles. The Balaban J connectivity index is 1.99. The quantitative estimate of drug-likeness (QED) is 0.660. The predicted molar refractivity (Wildman–Crippen MR) is 105 cm³/mol. The number of aromatic nitrogens is 2. The average Bonchev–Trinajstić information content (AvgIpc) is 2.93. The average molecular weight is 412 g/mol. The largest absolute Gasteiger partial charge is 0.327 e. The van der Waals surface area contributed by atoms with E-state index in [0.29, 0.717) is 22.4 Å². The van der Waals surface area contributed by atoms with Gasteiger partial charge in [-0.05, 0) is 62.7 Å². The molecule has 1 heterocycles. The second-order valence-corrected chi connectivity index (χ2v) is 8.66. The third-order valence-corrected chi connectivity index (χ3v) is 6.43. The van der Waals surface area contributed by atoms with Crippen LogP contribution in [0.4, 0.5) is 0 Å². The molecule has 0 radical (unpaired) electrons. The molecule has 3 rings (SSSR count). The van der Waals surface area contributed by atoms with Crippen LogP contribution in [0.15, 0.2) is 41.3 Å². The number of hydrogen-bond acceptors (Lipinski definition) is 3. The summed E-state index contributed by atoms with van der Waals surface area (Å²) in [5.41, 5.74) is 2.61. The molecular formula is C18H19Cl2N3O2S. The summed E-state index contributed by atoms with van der Waals surface area (Å²) in [6.07, 6.45) is 0. The Morgan fingerprint density at radius 2 is 1.85 bits per heavy atom. The molecule has 8 heteroatoms. The molecule has 0 aliphatic rings. The van der Waals surface area contributed by atoms with Crippen LogP contribution < -0.4 is 4.72 Å². The van der Waals surface area contributed by atoms with E-state index >= 15 is 0 Å². The molecule has 0 aliphatic heterocycles. The number of nitrogens with zero attached hydrogens (tertiary/aromatic N) is 2. The number of hydrogen-bond donors (Lipinski definition) is 1. The van der Waals surface area contributed by atoms with Crippen LogP contribution in [0.1, 0.15) is 31.3 Å².